The van der Waals surface area contributed by atoms with E-state index in [2.05, 4.69) is 58.1 Å². The Hall–Kier alpha value is -0.820. The molecule has 0 radical (unpaired) electrons. The maximum atomic E-state index is 3.56. The van der Waals surface area contributed by atoms with Gasteiger partial charge in [-0.05, 0) is 54.8 Å². The molecule has 1 aromatic carbocycles. The number of nitrogens with one attached hydrogen (secondary N) is 1. The van der Waals surface area contributed by atoms with Gasteiger partial charge in [0, 0.05) is 6.04 Å². The third kappa shape index (κ3) is 2.55. The van der Waals surface area contributed by atoms with Crippen molar-refractivity contribution in [2.45, 2.75) is 52.5 Å². The Morgan fingerprint density at radius 3 is 2.59 bits per heavy atom. The van der Waals surface area contributed by atoms with E-state index in [1.807, 2.05) is 0 Å². The highest BCUT2D eigenvalue weighted by molar-refractivity contribution is 5.38. The Bertz CT molecular complexity index is 408. The van der Waals surface area contributed by atoms with Gasteiger partial charge in [-0.15, -0.1) is 0 Å². The molecule has 0 aliphatic heterocycles. The molecule has 17 heavy (non-hydrogen) atoms. The quantitative estimate of drug-likeness (QED) is 0.835. The second-order valence-electron chi connectivity index (χ2n) is 6.18. The predicted molar refractivity (Wildman–Crippen MR) is 74.5 cm³/mol. The van der Waals surface area contributed by atoms with Gasteiger partial charge in [0.15, 0.2) is 0 Å². The zero-order valence-corrected chi connectivity index (χ0v) is 11.8. The zero-order chi connectivity index (χ0) is 12.6. The summed E-state index contributed by atoms with van der Waals surface area (Å²) in [7, 11) is 0. The molecule has 1 N–H and O–H groups in total. The molecular weight excluding hydrogens is 206 g/mol. The van der Waals surface area contributed by atoms with Crippen molar-refractivity contribution in [2.75, 3.05) is 6.54 Å². The summed E-state index contributed by atoms with van der Waals surface area (Å²) in [6.45, 7) is 12.4. The lowest BCUT2D eigenvalue weighted by Gasteiger charge is -2.15. The molecule has 1 aliphatic rings. The van der Waals surface area contributed by atoms with Crippen molar-refractivity contribution in [3.05, 3.63) is 34.9 Å². The molecule has 2 atom stereocenters. The average molecular weight is 231 g/mol. The van der Waals surface area contributed by atoms with Gasteiger partial charge in [-0.3, -0.25) is 0 Å². The minimum atomic E-state index is 0.417. The fourth-order valence-electron chi connectivity index (χ4n) is 2.58. The first-order valence-corrected chi connectivity index (χ1v) is 6.74. The normalized spacial score (nSPS) is 27.5. The molecule has 0 saturated heterocycles. The summed E-state index contributed by atoms with van der Waals surface area (Å²) in [5, 5.41) is 3.56. The van der Waals surface area contributed by atoms with Gasteiger partial charge < -0.3 is 5.32 Å². The minimum absolute atomic E-state index is 0.417. The van der Waals surface area contributed by atoms with E-state index in [0.29, 0.717) is 11.5 Å². The van der Waals surface area contributed by atoms with Crippen molar-refractivity contribution in [2.24, 2.45) is 5.92 Å². The summed E-state index contributed by atoms with van der Waals surface area (Å²) in [6, 6.07) is 7.56. The van der Waals surface area contributed by atoms with E-state index in [1.165, 1.54) is 23.1 Å². The third-order valence-electron chi connectivity index (χ3n) is 4.35. The maximum Gasteiger partial charge on any atom is 0.00104 e. The van der Waals surface area contributed by atoms with E-state index < -0.39 is 0 Å². The van der Waals surface area contributed by atoms with Crippen LogP contribution in [0.2, 0.25) is 0 Å². The molecular formula is C16H25N. The Kier molecular flexibility index (Phi) is 3.31. The summed E-state index contributed by atoms with van der Waals surface area (Å²) in [4.78, 5) is 0. The number of rotatable bonds is 4. The second-order valence-corrected chi connectivity index (χ2v) is 6.18. The fraction of sp³-hybridized carbons (Fsp3) is 0.625. The van der Waals surface area contributed by atoms with Crippen LogP contribution in [-0.2, 0) is 5.41 Å². The zero-order valence-electron chi connectivity index (χ0n) is 11.8. The lowest BCUT2D eigenvalue weighted by atomic mass is 9.92. The lowest BCUT2D eigenvalue weighted by Crippen LogP contribution is -2.26. The summed E-state index contributed by atoms with van der Waals surface area (Å²) in [6.07, 6.45) is 1.33. The topological polar surface area (TPSA) is 12.0 Å². The van der Waals surface area contributed by atoms with Crippen LogP contribution in [0.25, 0.3) is 0 Å². The molecule has 0 bridgehead atoms. The van der Waals surface area contributed by atoms with E-state index in [9.17, 15) is 0 Å². The highest BCUT2D eigenvalue weighted by atomic mass is 14.9. The molecule has 0 spiro atoms. The van der Waals surface area contributed by atoms with Gasteiger partial charge in [0.25, 0.3) is 0 Å². The first kappa shape index (κ1) is 12.6. The molecule has 2 unspecified atom stereocenters. The Balaban J connectivity index is 2.05. The molecule has 0 aromatic heterocycles. The van der Waals surface area contributed by atoms with Gasteiger partial charge >= 0.3 is 0 Å². The van der Waals surface area contributed by atoms with Crippen molar-refractivity contribution in [1.29, 1.82) is 0 Å². The fourth-order valence-corrected chi connectivity index (χ4v) is 2.58. The standard InChI is InChI=1S/C16H25N/c1-11(2)17-10-15-9-16(15,5)14-7-6-12(3)13(4)8-14/h6-8,11,15,17H,9-10H2,1-5H3. The van der Waals surface area contributed by atoms with Gasteiger partial charge in [0.05, 0.1) is 0 Å². The first-order chi connectivity index (χ1) is 7.93. The van der Waals surface area contributed by atoms with Gasteiger partial charge in [-0.2, -0.15) is 0 Å². The van der Waals surface area contributed by atoms with E-state index in [0.717, 1.165) is 12.5 Å². The van der Waals surface area contributed by atoms with Crippen molar-refractivity contribution in [3.8, 4) is 0 Å². The van der Waals surface area contributed by atoms with Crippen molar-refractivity contribution in [3.63, 3.8) is 0 Å². The summed E-state index contributed by atoms with van der Waals surface area (Å²) >= 11 is 0. The Morgan fingerprint density at radius 2 is 2.00 bits per heavy atom. The highest BCUT2D eigenvalue weighted by Crippen LogP contribution is 2.53. The first-order valence-electron chi connectivity index (χ1n) is 6.74. The van der Waals surface area contributed by atoms with Crippen LogP contribution in [0.4, 0.5) is 0 Å². The largest absolute Gasteiger partial charge is 0.314 e. The smallest absolute Gasteiger partial charge is 0.00104 e. The second kappa shape index (κ2) is 4.45. The highest BCUT2D eigenvalue weighted by Gasteiger charge is 2.50. The molecule has 1 fully saturated rings. The maximum absolute atomic E-state index is 3.56. The molecule has 1 aliphatic carbocycles. The van der Waals surface area contributed by atoms with Crippen LogP contribution in [0.15, 0.2) is 18.2 Å². The van der Waals surface area contributed by atoms with E-state index in [1.54, 1.807) is 0 Å². The van der Waals surface area contributed by atoms with Gasteiger partial charge in [-0.1, -0.05) is 39.0 Å². The SMILES string of the molecule is Cc1ccc(C2(C)CC2CNC(C)C)cc1C. The van der Waals surface area contributed by atoms with Gasteiger partial charge in [0.1, 0.15) is 0 Å². The molecule has 0 heterocycles. The Labute approximate surface area is 106 Å². The summed E-state index contributed by atoms with van der Waals surface area (Å²) in [5.41, 5.74) is 4.76. The van der Waals surface area contributed by atoms with Crippen molar-refractivity contribution in [1.82, 2.24) is 5.32 Å². The van der Waals surface area contributed by atoms with Crippen LogP contribution in [0, 0.1) is 19.8 Å². The van der Waals surface area contributed by atoms with Crippen LogP contribution in [-0.4, -0.2) is 12.6 Å². The monoisotopic (exact) mass is 231 g/mol. The van der Waals surface area contributed by atoms with E-state index >= 15 is 0 Å². The number of benzene rings is 1. The molecule has 94 valence electrons. The molecule has 1 saturated carbocycles. The van der Waals surface area contributed by atoms with Crippen LogP contribution in [0.3, 0.4) is 0 Å². The Morgan fingerprint density at radius 1 is 1.29 bits per heavy atom. The van der Waals surface area contributed by atoms with E-state index in [4.69, 9.17) is 0 Å². The summed E-state index contributed by atoms with van der Waals surface area (Å²) in [5.74, 6) is 0.812. The van der Waals surface area contributed by atoms with Gasteiger partial charge in [-0.25, -0.2) is 0 Å². The average Bonchev–Trinajstić information content (AvgIpc) is 2.92. The van der Waals surface area contributed by atoms with Crippen LogP contribution in [0.1, 0.15) is 43.9 Å². The molecule has 1 aromatic rings. The molecule has 1 heteroatoms. The van der Waals surface area contributed by atoms with Crippen LogP contribution in [0.5, 0.6) is 0 Å². The van der Waals surface area contributed by atoms with Crippen LogP contribution >= 0.6 is 0 Å². The third-order valence-corrected chi connectivity index (χ3v) is 4.35. The lowest BCUT2D eigenvalue weighted by molar-refractivity contribution is 0.528. The van der Waals surface area contributed by atoms with Gasteiger partial charge in [0.2, 0.25) is 0 Å². The van der Waals surface area contributed by atoms with E-state index in [-0.39, 0.29) is 0 Å². The molecule has 0 amide bonds. The molecule has 2 rings (SSSR count). The van der Waals surface area contributed by atoms with Crippen molar-refractivity contribution >= 4 is 0 Å². The number of hydrogen-bond acceptors (Lipinski definition) is 1. The molecule has 1 nitrogen and oxygen atoms in total. The van der Waals surface area contributed by atoms with Crippen molar-refractivity contribution < 1.29 is 0 Å². The van der Waals surface area contributed by atoms with Crippen LogP contribution < -0.4 is 5.32 Å². The predicted octanol–water partition coefficient (Wildman–Crippen LogP) is 3.58. The number of aryl methyl sites for hydroxylation is 2. The summed E-state index contributed by atoms with van der Waals surface area (Å²) < 4.78 is 0. The minimum Gasteiger partial charge on any atom is -0.314 e. The number of hydrogen-bond donors (Lipinski definition) is 1.